The zero-order valence-corrected chi connectivity index (χ0v) is 20.6. The first-order chi connectivity index (χ1) is 16.3. The Balaban J connectivity index is 1.41. The number of aryl methyl sites for hydroxylation is 1. The Hall–Kier alpha value is -2.05. The number of allylic oxidation sites excluding steroid dienone is 3. The van der Waals surface area contributed by atoms with Crippen LogP contribution in [0.5, 0.6) is 0 Å². The molecule has 1 saturated carbocycles. The molecule has 1 aromatic carbocycles. The Morgan fingerprint density at radius 3 is 2.79 bits per heavy atom. The molecule has 5 heteroatoms. The molecule has 6 rings (SSSR count). The third kappa shape index (κ3) is 2.78. The van der Waals surface area contributed by atoms with Crippen LogP contribution in [0.1, 0.15) is 55.7 Å². The van der Waals surface area contributed by atoms with Crippen molar-refractivity contribution in [1.82, 2.24) is 5.32 Å². The molecule has 34 heavy (non-hydrogen) atoms. The Labute approximate surface area is 202 Å². The maximum absolute atomic E-state index is 11.0. The smallest absolute Gasteiger partial charge is 0.105 e. The van der Waals surface area contributed by atoms with Crippen molar-refractivity contribution in [3.63, 3.8) is 0 Å². The highest BCUT2D eigenvalue weighted by Gasteiger charge is 2.67. The Morgan fingerprint density at radius 1 is 1.21 bits per heavy atom. The van der Waals surface area contributed by atoms with E-state index in [1.54, 1.807) is 0 Å². The van der Waals surface area contributed by atoms with Crippen molar-refractivity contribution in [2.45, 2.75) is 75.4 Å². The van der Waals surface area contributed by atoms with E-state index in [-0.39, 0.29) is 17.1 Å². The molecule has 7 atom stereocenters. The van der Waals surface area contributed by atoms with Gasteiger partial charge in [0.2, 0.25) is 0 Å². The number of hydrogen-bond donors (Lipinski definition) is 3. The van der Waals surface area contributed by atoms with E-state index in [0.717, 1.165) is 31.3 Å². The Bertz CT molecular complexity index is 1170. The molecule has 2 fully saturated rings. The van der Waals surface area contributed by atoms with E-state index in [1.807, 2.05) is 20.3 Å². The zero-order valence-electron chi connectivity index (χ0n) is 20.6. The lowest BCUT2D eigenvalue weighted by Gasteiger charge is -2.55. The number of fused-ring (bicyclic) bond motifs is 1. The van der Waals surface area contributed by atoms with Crippen LogP contribution in [-0.2, 0) is 4.74 Å². The number of nitrogens with one attached hydrogen (secondary N) is 1. The van der Waals surface area contributed by atoms with Crippen LogP contribution in [0.25, 0.3) is 5.57 Å². The molecule has 2 heterocycles. The third-order valence-electron chi connectivity index (χ3n) is 9.69. The van der Waals surface area contributed by atoms with Crippen molar-refractivity contribution < 1.29 is 14.9 Å². The topological polar surface area (TPSA) is 74.1 Å². The molecular formula is C29H36N2O3. The molecule has 0 radical (unpaired) electrons. The van der Waals surface area contributed by atoms with Crippen molar-refractivity contribution in [1.29, 1.82) is 0 Å². The molecule has 180 valence electrons. The lowest BCUT2D eigenvalue weighted by atomic mass is 9.58. The van der Waals surface area contributed by atoms with E-state index >= 15 is 0 Å². The van der Waals surface area contributed by atoms with E-state index in [9.17, 15) is 10.2 Å². The van der Waals surface area contributed by atoms with Gasteiger partial charge in [-0.05, 0) is 85.6 Å². The number of rotatable bonds is 3. The maximum atomic E-state index is 11.0. The quantitative estimate of drug-likeness (QED) is 0.601. The Kier molecular flexibility index (Phi) is 4.93. The van der Waals surface area contributed by atoms with Gasteiger partial charge in [0.15, 0.2) is 0 Å². The van der Waals surface area contributed by atoms with Crippen molar-refractivity contribution in [2.24, 2.45) is 16.3 Å². The van der Waals surface area contributed by atoms with Crippen LogP contribution < -0.4 is 5.32 Å². The minimum absolute atomic E-state index is 0.00847. The molecule has 5 aliphatic rings. The number of aliphatic imine (C=N–C) groups is 1. The fourth-order valence-electron chi connectivity index (χ4n) is 7.84. The summed E-state index contributed by atoms with van der Waals surface area (Å²) in [5, 5.41) is 24.9. The highest BCUT2D eigenvalue weighted by molar-refractivity contribution is 5.85. The average Bonchev–Trinajstić information content (AvgIpc) is 3.34. The predicted octanol–water partition coefficient (Wildman–Crippen LogP) is 3.72. The summed E-state index contributed by atoms with van der Waals surface area (Å²) in [6.45, 7) is 4.55. The van der Waals surface area contributed by atoms with Gasteiger partial charge in [-0.3, -0.25) is 4.99 Å². The molecule has 3 aliphatic carbocycles. The first-order valence-electron chi connectivity index (χ1n) is 12.7. The minimum atomic E-state index is -0.889. The normalized spacial score (nSPS) is 42.6. The van der Waals surface area contributed by atoms with Crippen molar-refractivity contribution in [3.05, 3.63) is 64.3 Å². The highest BCUT2D eigenvalue weighted by atomic mass is 16.5. The second kappa shape index (κ2) is 7.47. The lowest BCUT2D eigenvalue weighted by molar-refractivity contribution is -0.153. The first kappa shape index (κ1) is 22.4. The van der Waals surface area contributed by atoms with Gasteiger partial charge in [-0.15, -0.1) is 0 Å². The number of likely N-dealkylation sites (N-methyl/N-ethyl adjacent to an activating group) is 1. The van der Waals surface area contributed by atoms with E-state index in [0.29, 0.717) is 12.3 Å². The predicted molar refractivity (Wildman–Crippen MR) is 135 cm³/mol. The van der Waals surface area contributed by atoms with E-state index in [1.165, 1.54) is 27.8 Å². The number of aliphatic hydroxyl groups excluding tert-OH is 2. The van der Waals surface area contributed by atoms with Gasteiger partial charge >= 0.3 is 0 Å². The second-order valence-electron chi connectivity index (χ2n) is 11.3. The van der Waals surface area contributed by atoms with Crippen LogP contribution in [0.4, 0.5) is 0 Å². The number of hydrogen-bond acceptors (Lipinski definition) is 5. The van der Waals surface area contributed by atoms with Crippen LogP contribution in [0.15, 0.2) is 52.6 Å². The third-order valence-corrected chi connectivity index (χ3v) is 9.69. The minimum Gasteiger partial charge on any atom is -0.388 e. The fourth-order valence-corrected chi connectivity index (χ4v) is 7.84. The van der Waals surface area contributed by atoms with E-state index < -0.39 is 17.8 Å². The van der Waals surface area contributed by atoms with Crippen molar-refractivity contribution >= 4 is 11.8 Å². The summed E-state index contributed by atoms with van der Waals surface area (Å²) in [5.74, 6) is 0.355. The largest absolute Gasteiger partial charge is 0.388 e. The Morgan fingerprint density at radius 2 is 2.03 bits per heavy atom. The van der Waals surface area contributed by atoms with Gasteiger partial charge in [0.25, 0.3) is 0 Å². The molecule has 1 saturated heterocycles. The van der Waals surface area contributed by atoms with Crippen LogP contribution in [0, 0.1) is 18.3 Å². The number of aliphatic hydroxyl groups is 2. The maximum Gasteiger partial charge on any atom is 0.105 e. The summed E-state index contributed by atoms with van der Waals surface area (Å²) in [4.78, 5) is 4.26. The van der Waals surface area contributed by atoms with Crippen LogP contribution in [-0.4, -0.2) is 60.0 Å². The van der Waals surface area contributed by atoms with Gasteiger partial charge < -0.3 is 20.3 Å². The molecule has 2 spiro atoms. The fraction of sp³-hybridized carbons (Fsp3) is 0.552. The molecule has 1 aromatic rings. The summed E-state index contributed by atoms with van der Waals surface area (Å²) < 4.78 is 7.17. The summed E-state index contributed by atoms with van der Waals surface area (Å²) in [5.41, 5.74) is 6.38. The van der Waals surface area contributed by atoms with Gasteiger partial charge in [-0.1, -0.05) is 37.3 Å². The van der Waals surface area contributed by atoms with Crippen molar-refractivity contribution in [3.8, 4) is 0 Å². The molecule has 2 aliphatic heterocycles. The summed E-state index contributed by atoms with van der Waals surface area (Å²) in [7, 11) is 3.68. The second-order valence-corrected chi connectivity index (χ2v) is 11.3. The number of benzene rings is 1. The monoisotopic (exact) mass is 460 g/mol. The molecule has 2 bridgehead atoms. The molecule has 0 amide bonds. The van der Waals surface area contributed by atoms with Crippen LogP contribution in [0.2, 0.25) is 0 Å². The van der Waals surface area contributed by atoms with Gasteiger partial charge in [0.1, 0.15) is 6.10 Å². The van der Waals surface area contributed by atoms with Crippen molar-refractivity contribution in [2.75, 3.05) is 14.1 Å². The molecule has 0 aromatic heterocycles. The summed E-state index contributed by atoms with van der Waals surface area (Å²) >= 11 is 0. The van der Waals surface area contributed by atoms with E-state index in [2.05, 4.69) is 60.6 Å². The first-order valence-corrected chi connectivity index (χ1v) is 12.7. The van der Waals surface area contributed by atoms with E-state index in [4.69, 9.17) is 4.74 Å². The highest BCUT2D eigenvalue weighted by Crippen LogP contribution is 2.67. The van der Waals surface area contributed by atoms with Gasteiger partial charge in [-0.25, -0.2) is 0 Å². The van der Waals surface area contributed by atoms with Gasteiger partial charge in [0.05, 0.1) is 17.3 Å². The summed E-state index contributed by atoms with van der Waals surface area (Å²) in [6.07, 6.45) is 11.7. The SMILES string of the molecule is CN=Cc1cc(C2=CCC3C2(C)CC=C2C=C4C(O)C(O)C(NC)CC45CCC23O5)ccc1C. The zero-order chi connectivity index (χ0) is 23.9. The van der Waals surface area contributed by atoms with Crippen LogP contribution >= 0.6 is 0 Å². The average molecular weight is 461 g/mol. The molecular weight excluding hydrogens is 424 g/mol. The van der Waals surface area contributed by atoms with Crippen LogP contribution in [0.3, 0.4) is 0 Å². The number of ether oxygens (including phenoxy) is 1. The number of nitrogens with zero attached hydrogens (tertiary/aromatic N) is 1. The van der Waals surface area contributed by atoms with Gasteiger partial charge in [-0.2, -0.15) is 0 Å². The molecule has 7 unspecified atom stereocenters. The van der Waals surface area contributed by atoms with Gasteiger partial charge in [0, 0.05) is 30.6 Å². The molecule has 5 nitrogen and oxygen atoms in total. The summed E-state index contributed by atoms with van der Waals surface area (Å²) in [6, 6.07) is 6.57. The standard InChI is InChI=1S/C29H36N2O3/c1-17-5-6-18(13-19(17)16-30-3)21-7-8-24-27(21,2)10-9-20-14-22-25(32)26(33)23(31-4)15-28(22)11-12-29(20,24)34-28/h5-7,9,13-14,16,23-26,31-33H,8,10-12,15H2,1-4H3. The lowest BCUT2D eigenvalue weighted by Crippen LogP contribution is -2.61. The molecule has 3 N–H and O–H groups in total.